The lowest BCUT2D eigenvalue weighted by Crippen LogP contribution is -2.28. The Morgan fingerprint density at radius 1 is 0.456 bits per heavy atom. The molecule has 2 unspecified atom stereocenters. The Balaban J connectivity index is 1.20. The molecule has 0 aliphatic heterocycles. The first-order valence-corrected chi connectivity index (χ1v) is 23.6. The van der Waals surface area contributed by atoms with Gasteiger partial charge in [-0.2, -0.15) is 0 Å². The van der Waals surface area contributed by atoms with Crippen molar-refractivity contribution in [1.29, 1.82) is 0 Å². The van der Waals surface area contributed by atoms with E-state index in [1.165, 1.54) is 140 Å². The van der Waals surface area contributed by atoms with Crippen molar-refractivity contribution in [3.8, 4) is 22.5 Å². The number of hydrogen-bond donors (Lipinski definition) is 0. The molecule has 308 valence electrons. The van der Waals surface area contributed by atoms with Crippen LogP contribution < -0.4 is 0 Å². The molecule has 2 atom stereocenters. The fourth-order valence-electron chi connectivity index (χ4n) is 9.65. The molecule has 0 N–H and O–H groups in total. The Morgan fingerprint density at radius 3 is 1.18 bits per heavy atom. The van der Waals surface area contributed by atoms with Crippen molar-refractivity contribution in [2.24, 2.45) is 23.7 Å². The molecule has 6 rings (SSSR count). The van der Waals surface area contributed by atoms with E-state index in [9.17, 15) is 0 Å². The zero-order valence-corrected chi connectivity index (χ0v) is 36.1. The first-order valence-electron chi connectivity index (χ1n) is 23.6. The van der Waals surface area contributed by atoms with Crippen LogP contribution in [-0.2, 0) is 17.6 Å². The Labute approximate surface area is 346 Å². The van der Waals surface area contributed by atoms with Crippen molar-refractivity contribution in [2.45, 2.75) is 181 Å². The van der Waals surface area contributed by atoms with E-state index in [2.05, 4.69) is 76.2 Å². The maximum atomic E-state index is 7.63. The molecule has 2 aromatic carbocycles. The Hall–Kier alpha value is -3.44. The van der Waals surface area contributed by atoms with E-state index in [0.29, 0.717) is 11.8 Å². The summed E-state index contributed by atoms with van der Waals surface area (Å²) in [5.41, 5.74) is 8.97. The molecule has 2 heterocycles. The highest BCUT2D eigenvalue weighted by atomic mass is 16.5. The average Bonchev–Trinajstić information content (AvgIpc) is 3.27. The van der Waals surface area contributed by atoms with Gasteiger partial charge in [0.15, 0.2) is 0 Å². The molecule has 2 aromatic heterocycles. The lowest BCUT2D eigenvalue weighted by Gasteiger charge is -2.40. The number of nitrogens with zero attached hydrogens (tertiary/aromatic N) is 4. The van der Waals surface area contributed by atoms with Crippen LogP contribution in [0, 0.1) is 23.7 Å². The second-order valence-corrected chi connectivity index (χ2v) is 17.7. The maximum Gasteiger partial charge on any atom is 0.0885 e. The minimum Gasteiger partial charge on any atom is -0.365 e. The summed E-state index contributed by atoms with van der Waals surface area (Å²) in [6.45, 7) is 9.26. The minimum atomic E-state index is 0.0620. The largest absolute Gasteiger partial charge is 0.365 e. The normalized spacial score (nSPS) is 21.0. The fraction of sp³-hybridized carbons (Fsp3) is 0.615. The van der Waals surface area contributed by atoms with Crippen LogP contribution in [0.1, 0.15) is 191 Å². The topological polar surface area (TPSA) is 60.8 Å². The standard InChI is InChI=1S/C52H74N4O/c1-5-9-11-13-15-17-47-35-55-49(37-53-47)41-27-31-45(32-28-41)51(43-23-19-39(7-3)20-24-43)57-52(44-25-21-40(8-4)22-26-44)46-33-29-42(30-34-46)50-38-54-48(36-56-50)18-16-14-12-10-6-2/h27-40,43-44,51-52H,5-26H2,1-4H3. The first kappa shape index (κ1) is 43.1. The van der Waals surface area contributed by atoms with Crippen molar-refractivity contribution in [3.05, 3.63) is 95.8 Å². The van der Waals surface area contributed by atoms with Crippen molar-refractivity contribution in [1.82, 2.24) is 19.9 Å². The van der Waals surface area contributed by atoms with Gasteiger partial charge in [0.2, 0.25) is 0 Å². The molecule has 5 heteroatoms. The Kier molecular flexibility index (Phi) is 17.6. The molecule has 0 bridgehead atoms. The summed E-state index contributed by atoms with van der Waals surface area (Å²) < 4.78 is 7.63. The molecule has 5 nitrogen and oxygen atoms in total. The second kappa shape index (κ2) is 23.2. The van der Waals surface area contributed by atoms with Crippen LogP contribution in [0.15, 0.2) is 73.3 Å². The highest BCUT2D eigenvalue weighted by Gasteiger charge is 2.35. The highest BCUT2D eigenvalue weighted by molar-refractivity contribution is 5.59. The SMILES string of the molecule is CCCCCCCc1cnc(-c2ccc(C(OC(c3ccc(-c4cnc(CCCCCCC)cn4)cc3)C3CCC(CC)CC3)C3CCC(CC)CC3)cc2)cn1. The molecule has 57 heavy (non-hydrogen) atoms. The summed E-state index contributed by atoms with van der Waals surface area (Å²) in [5, 5.41) is 0. The minimum absolute atomic E-state index is 0.0620. The van der Waals surface area contributed by atoms with Crippen molar-refractivity contribution in [3.63, 3.8) is 0 Å². The summed E-state index contributed by atoms with van der Waals surface area (Å²) >= 11 is 0. The van der Waals surface area contributed by atoms with Gasteiger partial charge in [0.1, 0.15) is 0 Å². The van der Waals surface area contributed by atoms with Gasteiger partial charge in [0.25, 0.3) is 0 Å². The van der Waals surface area contributed by atoms with Crippen molar-refractivity contribution < 1.29 is 4.74 Å². The summed E-state index contributed by atoms with van der Waals surface area (Å²) in [4.78, 5) is 19.3. The van der Waals surface area contributed by atoms with E-state index in [1.807, 2.05) is 24.8 Å². The van der Waals surface area contributed by atoms with Gasteiger partial charge < -0.3 is 4.74 Å². The van der Waals surface area contributed by atoms with Crippen LogP contribution in [0.4, 0.5) is 0 Å². The molecule has 2 saturated carbocycles. The number of ether oxygens (including phenoxy) is 1. The molecular weight excluding hydrogens is 697 g/mol. The second-order valence-electron chi connectivity index (χ2n) is 17.7. The lowest BCUT2D eigenvalue weighted by atomic mass is 9.75. The average molecular weight is 771 g/mol. The summed E-state index contributed by atoms with van der Waals surface area (Å²) in [5.74, 6) is 2.73. The Bertz CT molecular complexity index is 1540. The molecule has 0 radical (unpaired) electrons. The molecule has 2 fully saturated rings. The van der Waals surface area contributed by atoms with Gasteiger partial charge >= 0.3 is 0 Å². The predicted octanol–water partition coefficient (Wildman–Crippen LogP) is 14.9. The van der Waals surface area contributed by atoms with Crippen LogP contribution in [0.3, 0.4) is 0 Å². The predicted molar refractivity (Wildman–Crippen MR) is 238 cm³/mol. The molecule has 0 saturated heterocycles. The molecule has 0 amide bonds. The molecule has 0 spiro atoms. The van der Waals surface area contributed by atoms with E-state index in [-0.39, 0.29) is 12.2 Å². The molecular formula is C52H74N4O. The highest BCUT2D eigenvalue weighted by Crippen LogP contribution is 2.47. The van der Waals surface area contributed by atoms with Crippen LogP contribution in [-0.4, -0.2) is 19.9 Å². The fourth-order valence-corrected chi connectivity index (χ4v) is 9.65. The van der Waals surface area contributed by atoms with E-state index < -0.39 is 0 Å². The van der Waals surface area contributed by atoms with Crippen LogP contribution in [0.2, 0.25) is 0 Å². The van der Waals surface area contributed by atoms with Gasteiger partial charge in [-0.05, 0) is 86.2 Å². The number of hydrogen-bond acceptors (Lipinski definition) is 5. The molecule has 4 aromatic rings. The number of aryl methyl sites for hydroxylation is 2. The van der Waals surface area contributed by atoms with Gasteiger partial charge in [0.05, 0.1) is 47.4 Å². The monoisotopic (exact) mass is 771 g/mol. The smallest absolute Gasteiger partial charge is 0.0885 e. The number of rotatable bonds is 22. The van der Waals surface area contributed by atoms with Crippen LogP contribution in [0.5, 0.6) is 0 Å². The number of aromatic nitrogens is 4. The van der Waals surface area contributed by atoms with Crippen molar-refractivity contribution in [2.75, 3.05) is 0 Å². The number of benzene rings is 2. The van der Waals surface area contributed by atoms with Gasteiger partial charge in [-0.15, -0.1) is 0 Å². The third-order valence-corrected chi connectivity index (χ3v) is 13.6. The van der Waals surface area contributed by atoms with E-state index in [0.717, 1.165) is 58.6 Å². The van der Waals surface area contributed by atoms with Crippen molar-refractivity contribution >= 4 is 0 Å². The van der Waals surface area contributed by atoms with Gasteiger partial charge in [0, 0.05) is 23.5 Å². The Morgan fingerprint density at radius 2 is 0.842 bits per heavy atom. The van der Waals surface area contributed by atoms with Crippen LogP contribution in [0.25, 0.3) is 22.5 Å². The molecule has 2 aliphatic carbocycles. The summed E-state index contributed by atoms with van der Waals surface area (Å²) in [6, 6.07) is 18.3. The first-order chi connectivity index (χ1) is 28.1. The summed E-state index contributed by atoms with van der Waals surface area (Å²) in [6.07, 6.45) is 35.6. The third-order valence-electron chi connectivity index (χ3n) is 13.6. The zero-order valence-electron chi connectivity index (χ0n) is 36.1. The number of unbranched alkanes of at least 4 members (excludes halogenated alkanes) is 8. The third kappa shape index (κ3) is 12.8. The van der Waals surface area contributed by atoms with Gasteiger partial charge in [-0.3, -0.25) is 19.9 Å². The van der Waals surface area contributed by atoms with E-state index >= 15 is 0 Å². The zero-order chi connectivity index (χ0) is 39.7. The lowest BCUT2D eigenvalue weighted by molar-refractivity contribution is -0.0905. The van der Waals surface area contributed by atoms with E-state index in [4.69, 9.17) is 24.7 Å². The van der Waals surface area contributed by atoms with Gasteiger partial charge in [-0.25, -0.2) is 0 Å². The van der Waals surface area contributed by atoms with E-state index in [1.54, 1.807) is 0 Å². The molecule has 2 aliphatic rings. The van der Waals surface area contributed by atoms with Crippen LogP contribution >= 0.6 is 0 Å². The quantitative estimate of drug-likeness (QED) is 0.0745. The maximum absolute atomic E-state index is 7.63. The summed E-state index contributed by atoms with van der Waals surface area (Å²) in [7, 11) is 0. The van der Waals surface area contributed by atoms with Gasteiger partial charge in [-0.1, -0.05) is 166 Å².